The van der Waals surface area contributed by atoms with Crippen molar-refractivity contribution in [2.75, 3.05) is 23.7 Å². The summed E-state index contributed by atoms with van der Waals surface area (Å²) in [7, 11) is 0. The first kappa shape index (κ1) is 12.6. The van der Waals surface area contributed by atoms with Crippen molar-refractivity contribution < 1.29 is 4.92 Å². The normalized spacial score (nSPS) is 9.41. The number of hydrogen-bond donors (Lipinski definition) is 2. The Kier molecular flexibility index (Phi) is 4.61. The molecule has 1 aromatic rings. The highest BCUT2D eigenvalue weighted by Gasteiger charge is 2.21. The summed E-state index contributed by atoms with van der Waals surface area (Å²) in [6.45, 7) is 7.81. The van der Waals surface area contributed by atoms with Crippen molar-refractivity contribution in [2.45, 2.75) is 0 Å². The summed E-state index contributed by atoms with van der Waals surface area (Å²) in [6, 6.07) is 0. The van der Waals surface area contributed by atoms with E-state index in [1.165, 1.54) is 6.33 Å². The van der Waals surface area contributed by atoms with Crippen LogP contribution in [0.2, 0.25) is 0 Å². The molecule has 0 saturated heterocycles. The van der Waals surface area contributed by atoms with Crippen LogP contribution in [0, 0.1) is 10.1 Å². The first-order valence-corrected chi connectivity index (χ1v) is 4.89. The van der Waals surface area contributed by atoms with Crippen LogP contribution in [0.3, 0.4) is 0 Å². The average Bonchev–Trinajstić information content (AvgIpc) is 2.33. The van der Waals surface area contributed by atoms with Gasteiger partial charge in [0.2, 0.25) is 11.6 Å². The number of nitrogens with zero attached hydrogens (tertiary/aromatic N) is 3. The van der Waals surface area contributed by atoms with Gasteiger partial charge in [-0.25, -0.2) is 9.97 Å². The van der Waals surface area contributed by atoms with Crippen molar-refractivity contribution in [3.05, 3.63) is 41.8 Å². The molecule has 1 rings (SSSR count). The molecule has 0 aliphatic heterocycles. The molecule has 0 spiro atoms. The van der Waals surface area contributed by atoms with Crippen LogP contribution in [0.4, 0.5) is 17.3 Å². The topological polar surface area (TPSA) is 93.0 Å². The third kappa shape index (κ3) is 3.26. The number of nitrogens with one attached hydrogen (secondary N) is 2. The highest BCUT2D eigenvalue weighted by Crippen LogP contribution is 2.28. The van der Waals surface area contributed by atoms with Crippen LogP contribution in [0.15, 0.2) is 31.6 Å². The van der Waals surface area contributed by atoms with Gasteiger partial charge in [0.05, 0.1) is 4.92 Å². The maximum atomic E-state index is 11.0. The number of rotatable bonds is 7. The zero-order chi connectivity index (χ0) is 12.7. The average molecular weight is 235 g/mol. The molecule has 7 nitrogen and oxygen atoms in total. The first-order valence-electron chi connectivity index (χ1n) is 4.89. The van der Waals surface area contributed by atoms with E-state index < -0.39 is 4.92 Å². The molecular weight excluding hydrogens is 222 g/mol. The van der Waals surface area contributed by atoms with Gasteiger partial charge >= 0.3 is 5.69 Å². The molecule has 2 N–H and O–H groups in total. The Bertz CT molecular complexity index is 402. The molecule has 0 amide bonds. The van der Waals surface area contributed by atoms with E-state index in [0.29, 0.717) is 13.1 Å². The maximum absolute atomic E-state index is 11.0. The smallest absolute Gasteiger partial charge is 0.353 e. The fourth-order valence-electron chi connectivity index (χ4n) is 1.15. The van der Waals surface area contributed by atoms with Gasteiger partial charge < -0.3 is 10.6 Å². The van der Waals surface area contributed by atoms with Crippen LogP contribution < -0.4 is 10.6 Å². The molecule has 1 aromatic heterocycles. The molecule has 0 unspecified atom stereocenters. The quantitative estimate of drug-likeness (QED) is 0.423. The monoisotopic (exact) mass is 235 g/mol. The molecular formula is C10H13N5O2. The third-order valence-corrected chi connectivity index (χ3v) is 1.83. The Morgan fingerprint density at radius 2 is 1.71 bits per heavy atom. The van der Waals surface area contributed by atoms with E-state index in [2.05, 4.69) is 33.8 Å². The van der Waals surface area contributed by atoms with Gasteiger partial charge in [-0.2, -0.15) is 0 Å². The summed E-state index contributed by atoms with van der Waals surface area (Å²) in [5.74, 6) is 0.327. The van der Waals surface area contributed by atoms with Crippen LogP contribution in [-0.4, -0.2) is 28.0 Å². The number of nitro groups is 1. The van der Waals surface area contributed by atoms with Gasteiger partial charge in [0, 0.05) is 13.1 Å². The second kappa shape index (κ2) is 6.21. The van der Waals surface area contributed by atoms with Gasteiger partial charge in [-0.15, -0.1) is 13.2 Å². The molecule has 0 aromatic carbocycles. The van der Waals surface area contributed by atoms with Gasteiger partial charge in [0.1, 0.15) is 6.33 Å². The molecule has 7 heteroatoms. The fraction of sp³-hybridized carbons (Fsp3) is 0.200. The zero-order valence-corrected chi connectivity index (χ0v) is 9.22. The SMILES string of the molecule is C=CCNc1ncnc(NCC=C)c1[N+](=O)[O-]. The van der Waals surface area contributed by atoms with Gasteiger partial charge in [-0.1, -0.05) is 12.2 Å². The maximum Gasteiger partial charge on any atom is 0.353 e. The molecule has 17 heavy (non-hydrogen) atoms. The molecule has 0 saturated carbocycles. The van der Waals surface area contributed by atoms with Crippen molar-refractivity contribution in [3.8, 4) is 0 Å². The minimum atomic E-state index is -0.531. The number of hydrogen-bond acceptors (Lipinski definition) is 6. The summed E-state index contributed by atoms with van der Waals surface area (Å²) in [5, 5.41) is 16.5. The first-order chi connectivity index (χ1) is 8.20. The van der Waals surface area contributed by atoms with Crippen molar-refractivity contribution >= 4 is 17.3 Å². The summed E-state index contributed by atoms with van der Waals surface area (Å²) in [5.41, 5.74) is -0.184. The lowest BCUT2D eigenvalue weighted by molar-refractivity contribution is -0.383. The lowest BCUT2D eigenvalue weighted by Gasteiger charge is -2.07. The third-order valence-electron chi connectivity index (χ3n) is 1.83. The van der Waals surface area contributed by atoms with Crippen LogP contribution in [0.5, 0.6) is 0 Å². The Morgan fingerprint density at radius 1 is 1.24 bits per heavy atom. The van der Waals surface area contributed by atoms with E-state index in [1.54, 1.807) is 12.2 Å². The predicted octanol–water partition coefficient (Wildman–Crippen LogP) is 1.58. The Hall–Kier alpha value is -2.44. The summed E-state index contributed by atoms with van der Waals surface area (Å²) in [4.78, 5) is 18.1. The van der Waals surface area contributed by atoms with E-state index in [4.69, 9.17) is 0 Å². The zero-order valence-electron chi connectivity index (χ0n) is 9.22. The predicted molar refractivity (Wildman–Crippen MR) is 66.1 cm³/mol. The Morgan fingerprint density at radius 3 is 2.06 bits per heavy atom. The molecule has 0 radical (unpaired) electrons. The Balaban J connectivity index is 3.07. The Labute approximate surface area is 98.4 Å². The van der Waals surface area contributed by atoms with Crippen molar-refractivity contribution in [1.29, 1.82) is 0 Å². The highest BCUT2D eigenvalue weighted by molar-refractivity contribution is 5.69. The number of aromatic nitrogens is 2. The lowest BCUT2D eigenvalue weighted by atomic mass is 10.4. The molecule has 0 atom stereocenters. The minimum absolute atomic E-state index is 0.163. The molecule has 0 aliphatic carbocycles. The van der Waals surface area contributed by atoms with Crippen LogP contribution in [0.1, 0.15) is 0 Å². The van der Waals surface area contributed by atoms with Gasteiger partial charge in [-0.05, 0) is 0 Å². The molecule has 0 aliphatic rings. The molecule has 1 heterocycles. The standard InChI is InChI=1S/C10H13N5O2/c1-3-5-11-9-8(15(16)17)10(12-6-4-2)14-7-13-9/h3-4,7H,1-2,5-6H2,(H2,11,12,13,14). The van der Waals surface area contributed by atoms with E-state index in [0.717, 1.165) is 0 Å². The van der Waals surface area contributed by atoms with Crippen LogP contribution >= 0.6 is 0 Å². The van der Waals surface area contributed by atoms with Crippen molar-refractivity contribution in [2.24, 2.45) is 0 Å². The fourth-order valence-corrected chi connectivity index (χ4v) is 1.15. The number of anilines is 2. The lowest BCUT2D eigenvalue weighted by Crippen LogP contribution is -2.09. The summed E-state index contributed by atoms with van der Waals surface area (Å²) in [6.07, 6.45) is 4.43. The second-order valence-electron chi connectivity index (χ2n) is 3.02. The summed E-state index contributed by atoms with van der Waals surface area (Å²) < 4.78 is 0. The van der Waals surface area contributed by atoms with Crippen molar-refractivity contribution in [3.63, 3.8) is 0 Å². The van der Waals surface area contributed by atoms with Crippen LogP contribution in [0.25, 0.3) is 0 Å². The molecule has 0 fully saturated rings. The van der Waals surface area contributed by atoms with E-state index in [-0.39, 0.29) is 17.3 Å². The van der Waals surface area contributed by atoms with Gasteiger partial charge in [-0.3, -0.25) is 10.1 Å². The van der Waals surface area contributed by atoms with E-state index in [9.17, 15) is 10.1 Å². The van der Waals surface area contributed by atoms with Gasteiger partial charge in [0.15, 0.2) is 0 Å². The van der Waals surface area contributed by atoms with Crippen molar-refractivity contribution in [1.82, 2.24) is 9.97 Å². The van der Waals surface area contributed by atoms with Crippen LogP contribution in [-0.2, 0) is 0 Å². The minimum Gasteiger partial charge on any atom is -0.361 e. The van der Waals surface area contributed by atoms with E-state index >= 15 is 0 Å². The molecule has 90 valence electrons. The summed E-state index contributed by atoms with van der Waals surface area (Å²) >= 11 is 0. The second-order valence-corrected chi connectivity index (χ2v) is 3.02. The van der Waals surface area contributed by atoms with E-state index in [1.807, 2.05) is 0 Å². The molecule has 0 bridgehead atoms. The largest absolute Gasteiger partial charge is 0.361 e. The highest BCUT2D eigenvalue weighted by atomic mass is 16.6. The van der Waals surface area contributed by atoms with Gasteiger partial charge in [0.25, 0.3) is 0 Å².